The molecule has 24 heavy (non-hydrogen) atoms. The lowest BCUT2D eigenvalue weighted by Gasteiger charge is -2.10. The number of hydrogen-bond acceptors (Lipinski definition) is 4. The highest BCUT2D eigenvalue weighted by atomic mass is 32.2. The largest absolute Gasteiger partial charge is 0.340 e. The molecule has 0 aliphatic rings. The fraction of sp³-hybridized carbons (Fsp3) is 0.176. The van der Waals surface area contributed by atoms with Gasteiger partial charge in [0.15, 0.2) is 0 Å². The van der Waals surface area contributed by atoms with Crippen LogP contribution in [0.1, 0.15) is 11.3 Å². The molecule has 0 bridgehead atoms. The minimum atomic E-state index is -3.51. The minimum Gasteiger partial charge on any atom is -0.340 e. The maximum absolute atomic E-state index is 12.1. The Morgan fingerprint density at radius 2 is 2.00 bits per heavy atom. The molecule has 0 aliphatic carbocycles. The van der Waals surface area contributed by atoms with Crippen molar-refractivity contribution in [2.45, 2.75) is 11.3 Å². The van der Waals surface area contributed by atoms with Crippen LogP contribution in [0.4, 0.5) is 0 Å². The molecule has 0 unspecified atom stereocenters. The normalized spacial score (nSPS) is 11.6. The van der Waals surface area contributed by atoms with E-state index in [4.69, 9.17) is 0 Å². The molecule has 0 fully saturated rings. The maximum Gasteiger partial charge on any atom is 0.240 e. The van der Waals surface area contributed by atoms with Crippen LogP contribution in [-0.2, 0) is 23.5 Å². The summed E-state index contributed by atoms with van der Waals surface area (Å²) in [6.45, 7) is 0. The van der Waals surface area contributed by atoms with Crippen molar-refractivity contribution in [2.75, 3.05) is 7.05 Å². The van der Waals surface area contributed by atoms with Gasteiger partial charge in [0.25, 0.3) is 0 Å². The molecular formula is C17H18N4O2S. The summed E-state index contributed by atoms with van der Waals surface area (Å²) in [6.07, 6.45) is 5.91. The van der Waals surface area contributed by atoms with Crippen molar-refractivity contribution < 1.29 is 8.42 Å². The molecule has 0 atom stereocenters. The van der Waals surface area contributed by atoms with E-state index < -0.39 is 10.0 Å². The quantitative estimate of drug-likeness (QED) is 0.769. The van der Waals surface area contributed by atoms with Gasteiger partial charge < -0.3 is 4.57 Å². The van der Waals surface area contributed by atoms with Crippen LogP contribution in [0.3, 0.4) is 0 Å². The number of rotatable bonds is 5. The first-order valence-electron chi connectivity index (χ1n) is 7.44. The first-order chi connectivity index (χ1) is 11.5. The smallest absolute Gasteiger partial charge is 0.240 e. The molecule has 7 heteroatoms. The number of hydrogen-bond donors (Lipinski definition) is 1. The SMILES string of the molecule is CNS(=O)(=O)c1ccc(Cc2ccccn2)c(-c2cn(C)cn2)c1. The Hall–Kier alpha value is -2.51. The van der Waals surface area contributed by atoms with Gasteiger partial charge in [-0.05, 0) is 36.9 Å². The highest BCUT2D eigenvalue weighted by Gasteiger charge is 2.16. The molecule has 2 aromatic heterocycles. The zero-order valence-electron chi connectivity index (χ0n) is 13.5. The summed E-state index contributed by atoms with van der Waals surface area (Å²) in [6, 6.07) is 10.8. The summed E-state index contributed by atoms with van der Waals surface area (Å²) in [7, 11) is -0.233. The third-order valence-electron chi connectivity index (χ3n) is 3.74. The van der Waals surface area contributed by atoms with Crippen molar-refractivity contribution in [3.63, 3.8) is 0 Å². The molecule has 1 aromatic carbocycles. The molecule has 2 heterocycles. The van der Waals surface area contributed by atoms with E-state index in [0.29, 0.717) is 6.42 Å². The molecule has 3 aromatic rings. The topological polar surface area (TPSA) is 76.9 Å². The Morgan fingerprint density at radius 3 is 2.62 bits per heavy atom. The van der Waals surface area contributed by atoms with Crippen LogP contribution in [-0.4, -0.2) is 30.0 Å². The Morgan fingerprint density at radius 1 is 1.17 bits per heavy atom. The van der Waals surface area contributed by atoms with Gasteiger partial charge in [-0.25, -0.2) is 18.1 Å². The third kappa shape index (κ3) is 3.37. The molecule has 0 radical (unpaired) electrons. The van der Waals surface area contributed by atoms with Crippen LogP contribution in [0.25, 0.3) is 11.3 Å². The Kier molecular flexibility index (Phi) is 4.46. The van der Waals surface area contributed by atoms with Gasteiger partial charge in [0, 0.05) is 37.1 Å². The van der Waals surface area contributed by atoms with Crippen molar-refractivity contribution >= 4 is 10.0 Å². The van der Waals surface area contributed by atoms with Gasteiger partial charge >= 0.3 is 0 Å². The second kappa shape index (κ2) is 6.54. The number of pyridine rings is 1. The predicted molar refractivity (Wildman–Crippen MR) is 91.9 cm³/mol. The van der Waals surface area contributed by atoms with Gasteiger partial charge in [-0.15, -0.1) is 0 Å². The van der Waals surface area contributed by atoms with Crippen LogP contribution < -0.4 is 4.72 Å². The molecule has 0 aliphatic heterocycles. The number of benzene rings is 1. The van der Waals surface area contributed by atoms with E-state index >= 15 is 0 Å². The van der Waals surface area contributed by atoms with Gasteiger partial charge in [0.1, 0.15) is 0 Å². The molecule has 6 nitrogen and oxygen atoms in total. The molecule has 0 saturated carbocycles. The average molecular weight is 342 g/mol. The Labute approximate surface area is 141 Å². The fourth-order valence-corrected chi connectivity index (χ4v) is 3.24. The van der Waals surface area contributed by atoms with Gasteiger partial charge in [0.05, 0.1) is 16.9 Å². The molecular weight excluding hydrogens is 324 g/mol. The number of nitrogens with zero attached hydrogens (tertiary/aromatic N) is 3. The monoisotopic (exact) mass is 342 g/mol. The Bertz CT molecular complexity index is 950. The van der Waals surface area contributed by atoms with E-state index in [1.165, 1.54) is 7.05 Å². The molecule has 0 spiro atoms. The third-order valence-corrected chi connectivity index (χ3v) is 5.15. The van der Waals surface area contributed by atoms with E-state index in [-0.39, 0.29) is 4.90 Å². The van der Waals surface area contributed by atoms with E-state index in [1.54, 1.807) is 24.7 Å². The van der Waals surface area contributed by atoms with E-state index in [9.17, 15) is 8.42 Å². The van der Waals surface area contributed by atoms with E-state index in [2.05, 4.69) is 14.7 Å². The van der Waals surface area contributed by atoms with Gasteiger partial charge in [-0.1, -0.05) is 12.1 Å². The van der Waals surface area contributed by atoms with Gasteiger partial charge in [-0.3, -0.25) is 4.98 Å². The van der Waals surface area contributed by atoms with E-state index in [1.807, 2.05) is 42.1 Å². The molecule has 124 valence electrons. The first kappa shape index (κ1) is 16.4. The van der Waals surface area contributed by atoms with Crippen LogP contribution in [0, 0.1) is 0 Å². The summed E-state index contributed by atoms with van der Waals surface area (Å²) in [5.41, 5.74) is 3.41. The lowest BCUT2D eigenvalue weighted by molar-refractivity contribution is 0.588. The summed E-state index contributed by atoms with van der Waals surface area (Å²) in [5, 5.41) is 0. The summed E-state index contributed by atoms with van der Waals surface area (Å²) in [4.78, 5) is 8.93. The lowest BCUT2D eigenvalue weighted by Crippen LogP contribution is -2.18. The molecule has 1 N–H and O–H groups in total. The standard InChI is InChI=1S/C17H18N4O2S/c1-18-24(22,23)15-7-6-13(9-14-5-3-4-8-19-14)16(10-15)17-11-21(2)12-20-17/h3-8,10-12,18H,9H2,1-2H3. The van der Waals surface area contributed by atoms with Crippen LogP contribution >= 0.6 is 0 Å². The van der Waals surface area contributed by atoms with E-state index in [0.717, 1.165) is 22.5 Å². The van der Waals surface area contributed by atoms with Crippen molar-refractivity contribution in [2.24, 2.45) is 7.05 Å². The average Bonchev–Trinajstić information content (AvgIpc) is 3.02. The minimum absolute atomic E-state index is 0.218. The molecule has 0 amide bonds. The summed E-state index contributed by atoms with van der Waals surface area (Å²) >= 11 is 0. The van der Waals surface area contributed by atoms with Gasteiger partial charge in [0.2, 0.25) is 10.0 Å². The molecule has 0 saturated heterocycles. The number of nitrogens with one attached hydrogen (secondary N) is 1. The molecule has 3 rings (SSSR count). The second-order valence-corrected chi connectivity index (χ2v) is 7.34. The highest BCUT2D eigenvalue weighted by Crippen LogP contribution is 2.27. The number of sulfonamides is 1. The van der Waals surface area contributed by atoms with Crippen molar-refractivity contribution in [1.29, 1.82) is 0 Å². The van der Waals surface area contributed by atoms with Gasteiger partial charge in [-0.2, -0.15) is 0 Å². The fourth-order valence-electron chi connectivity index (χ4n) is 2.48. The highest BCUT2D eigenvalue weighted by molar-refractivity contribution is 7.89. The summed E-state index contributed by atoms with van der Waals surface area (Å²) in [5.74, 6) is 0. The van der Waals surface area contributed by atoms with Crippen LogP contribution in [0.5, 0.6) is 0 Å². The zero-order chi connectivity index (χ0) is 17.2. The van der Waals surface area contributed by atoms with Crippen molar-refractivity contribution in [3.05, 3.63) is 66.4 Å². The Balaban J connectivity index is 2.11. The summed E-state index contributed by atoms with van der Waals surface area (Å²) < 4.78 is 28.4. The number of aromatic nitrogens is 3. The predicted octanol–water partition coefficient (Wildman–Crippen LogP) is 1.98. The number of imidazole rings is 1. The first-order valence-corrected chi connectivity index (χ1v) is 8.92. The van der Waals surface area contributed by atoms with Crippen molar-refractivity contribution in [3.8, 4) is 11.3 Å². The van der Waals surface area contributed by atoms with Crippen LogP contribution in [0.2, 0.25) is 0 Å². The lowest BCUT2D eigenvalue weighted by atomic mass is 10.0. The second-order valence-electron chi connectivity index (χ2n) is 5.45. The number of aryl methyl sites for hydroxylation is 1. The maximum atomic E-state index is 12.1. The van der Waals surface area contributed by atoms with Crippen LogP contribution in [0.15, 0.2) is 60.0 Å². The zero-order valence-corrected chi connectivity index (χ0v) is 14.3. The van der Waals surface area contributed by atoms with Crippen molar-refractivity contribution in [1.82, 2.24) is 19.3 Å².